The fourth-order valence-corrected chi connectivity index (χ4v) is 3.87. The lowest BCUT2D eigenvalue weighted by atomic mass is 9.77. The van der Waals surface area contributed by atoms with Crippen molar-refractivity contribution in [2.75, 3.05) is 13.1 Å². The highest BCUT2D eigenvalue weighted by Crippen LogP contribution is 2.53. The number of fused-ring (bicyclic) bond motifs is 2. The molecule has 0 amide bonds. The summed E-state index contributed by atoms with van der Waals surface area (Å²) < 4.78 is 0. The number of hydrogen-bond acceptors (Lipinski definition) is 4. The molecule has 0 aliphatic heterocycles. The van der Waals surface area contributed by atoms with Crippen molar-refractivity contribution >= 4 is 12.2 Å². The zero-order valence-corrected chi connectivity index (χ0v) is 9.97. The number of rotatable bonds is 6. The van der Waals surface area contributed by atoms with Gasteiger partial charge in [0.05, 0.1) is 13.1 Å². The van der Waals surface area contributed by atoms with Gasteiger partial charge in [0.2, 0.25) is 12.2 Å². The quantitative estimate of drug-likeness (QED) is 0.522. The van der Waals surface area contributed by atoms with Gasteiger partial charge in [-0.2, -0.15) is 0 Å². The number of aliphatic imine (C=N–C) groups is 2. The van der Waals surface area contributed by atoms with E-state index in [-0.39, 0.29) is 0 Å². The molecular weight excluding hydrogens is 216 g/mol. The smallest absolute Gasteiger partial charge is 0.211 e. The summed E-state index contributed by atoms with van der Waals surface area (Å²) in [6.07, 6.45) is 9.17. The van der Waals surface area contributed by atoms with Gasteiger partial charge in [-0.15, -0.1) is 0 Å². The SMILES string of the molecule is O=C=NCCC1CC2CC(CCN=C=O)C1C2. The second-order valence-corrected chi connectivity index (χ2v) is 5.28. The van der Waals surface area contributed by atoms with E-state index in [2.05, 4.69) is 9.98 Å². The molecule has 4 nitrogen and oxygen atoms in total. The second kappa shape index (κ2) is 5.90. The molecule has 2 unspecified atom stereocenters. The number of carbonyl (C=O) groups excluding carboxylic acids is 2. The molecule has 0 radical (unpaired) electrons. The predicted molar refractivity (Wildman–Crippen MR) is 63.0 cm³/mol. The third kappa shape index (κ3) is 2.91. The normalized spacial score (nSPS) is 34.1. The van der Waals surface area contributed by atoms with Crippen molar-refractivity contribution in [2.24, 2.45) is 33.7 Å². The van der Waals surface area contributed by atoms with Crippen LogP contribution in [0.2, 0.25) is 0 Å². The molecule has 4 heteroatoms. The molecule has 2 atom stereocenters. The van der Waals surface area contributed by atoms with E-state index in [1.165, 1.54) is 19.3 Å². The highest BCUT2D eigenvalue weighted by Gasteiger charge is 2.45. The fraction of sp³-hybridized carbons (Fsp3) is 0.846. The maximum atomic E-state index is 10.0. The molecule has 2 aliphatic rings. The first-order valence-electron chi connectivity index (χ1n) is 6.42. The highest BCUT2D eigenvalue weighted by atomic mass is 16.1. The van der Waals surface area contributed by atoms with E-state index in [0.717, 1.165) is 36.5 Å². The van der Waals surface area contributed by atoms with Crippen LogP contribution in [0.15, 0.2) is 9.98 Å². The summed E-state index contributed by atoms with van der Waals surface area (Å²) in [7, 11) is 0. The molecule has 0 heterocycles. The van der Waals surface area contributed by atoms with Crippen molar-refractivity contribution in [2.45, 2.75) is 32.1 Å². The number of hydrogen-bond donors (Lipinski definition) is 0. The van der Waals surface area contributed by atoms with E-state index in [9.17, 15) is 9.59 Å². The molecule has 92 valence electrons. The number of isocyanates is 2. The van der Waals surface area contributed by atoms with Gasteiger partial charge in [0.1, 0.15) is 0 Å². The fourth-order valence-electron chi connectivity index (χ4n) is 3.87. The van der Waals surface area contributed by atoms with Gasteiger partial charge in [-0.25, -0.2) is 19.6 Å². The second-order valence-electron chi connectivity index (χ2n) is 5.28. The summed E-state index contributed by atoms with van der Waals surface area (Å²) >= 11 is 0. The Labute approximate surface area is 101 Å². The van der Waals surface area contributed by atoms with Crippen LogP contribution in [0.1, 0.15) is 32.1 Å². The maximum Gasteiger partial charge on any atom is 0.234 e. The minimum atomic E-state index is 0.622. The van der Waals surface area contributed by atoms with Crippen molar-refractivity contribution in [3.05, 3.63) is 0 Å². The van der Waals surface area contributed by atoms with Gasteiger partial charge >= 0.3 is 0 Å². The summed E-state index contributed by atoms with van der Waals surface area (Å²) in [6.45, 7) is 1.24. The molecule has 2 saturated carbocycles. The van der Waals surface area contributed by atoms with Gasteiger partial charge in [0.15, 0.2) is 0 Å². The van der Waals surface area contributed by atoms with Crippen LogP contribution in [-0.4, -0.2) is 25.2 Å². The predicted octanol–water partition coefficient (Wildman–Crippen LogP) is 2.10. The van der Waals surface area contributed by atoms with Crippen molar-refractivity contribution in [3.8, 4) is 0 Å². The van der Waals surface area contributed by atoms with Crippen LogP contribution in [0, 0.1) is 23.7 Å². The average molecular weight is 234 g/mol. The summed E-state index contributed by atoms with van der Waals surface area (Å²) in [4.78, 5) is 27.4. The Hall–Kier alpha value is -1.24. The van der Waals surface area contributed by atoms with Gasteiger partial charge in [-0.1, -0.05) is 0 Å². The third-order valence-electron chi connectivity index (χ3n) is 4.44. The Kier molecular flexibility index (Phi) is 4.24. The van der Waals surface area contributed by atoms with Crippen LogP contribution in [0.4, 0.5) is 0 Å². The Balaban J connectivity index is 1.82. The first-order valence-corrected chi connectivity index (χ1v) is 6.42. The molecular formula is C13H18N2O2. The van der Waals surface area contributed by atoms with E-state index in [1.54, 1.807) is 12.2 Å². The monoisotopic (exact) mass is 234 g/mol. The molecule has 2 aliphatic carbocycles. The molecule has 0 N–H and O–H groups in total. The van der Waals surface area contributed by atoms with Crippen LogP contribution in [-0.2, 0) is 9.59 Å². The molecule has 17 heavy (non-hydrogen) atoms. The van der Waals surface area contributed by atoms with E-state index in [4.69, 9.17) is 0 Å². The van der Waals surface area contributed by atoms with Gasteiger partial charge in [-0.05, 0) is 55.8 Å². The summed E-state index contributed by atoms with van der Waals surface area (Å²) in [5.41, 5.74) is 0. The first-order chi connectivity index (χ1) is 8.35. The standard InChI is InChI=1S/C13H18N2O2/c16-8-14-3-1-11-5-10-6-12(13(11)7-10)2-4-15-9-17/h10-13H,1-7H2. The van der Waals surface area contributed by atoms with E-state index in [0.29, 0.717) is 13.1 Å². The molecule has 2 fully saturated rings. The Morgan fingerprint density at radius 1 is 0.882 bits per heavy atom. The number of nitrogens with zero attached hydrogens (tertiary/aromatic N) is 2. The van der Waals surface area contributed by atoms with Crippen molar-refractivity contribution in [1.82, 2.24) is 0 Å². The molecule has 2 bridgehead atoms. The van der Waals surface area contributed by atoms with E-state index in [1.807, 2.05) is 0 Å². The lowest BCUT2D eigenvalue weighted by molar-refractivity contribution is 0.221. The zero-order valence-electron chi connectivity index (χ0n) is 9.97. The lowest BCUT2D eigenvalue weighted by Crippen LogP contribution is -2.21. The largest absolute Gasteiger partial charge is 0.234 e. The minimum absolute atomic E-state index is 0.622. The van der Waals surface area contributed by atoms with Crippen LogP contribution in [0.25, 0.3) is 0 Å². The van der Waals surface area contributed by atoms with Gasteiger partial charge in [0.25, 0.3) is 0 Å². The van der Waals surface area contributed by atoms with Gasteiger partial charge in [-0.3, -0.25) is 0 Å². The third-order valence-corrected chi connectivity index (χ3v) is 4.44. The van der Waals surface area contributed by atoms with Crippen LogP contribution < -0.4 is 0 Å². The summed E-state index contributed by atoms with van der Waals surface area (Å²) in [5.74, 6) is 3.06. The van der Waals surface area contributed by atoms with Crippen LogP contribution in [0.5, 0.6) is 0 Å². The van der Waals surface area contributed by atoms with E-state index >= 15 is 0 Å². The molecule has 0 aromatic carbocycles. The van der Waals surface area contributed by atoms with Gasteiger partial charge in [0, 0.05) is 0 Å². The first kappa shape index (κ1) is 12.2. The van der Waals surface area contributed by atoms with Crippen molar-refractivity contribution < 1.29 is 9.59 Å². The van der Waals surface area contributed by atoms with Crippen LogP contribution in [0.3, 0.4) is 0 Å². The topological polar surface area (TPSA) is 58.9 Å². The van der Waals surface area contributed by atoms with E-state index < -0.39 is 0 Å². The molecule has 0 saturated heterocycles. The summed E-state index contributed by atoms with van der Waals surface area (Å²) in [5, 5.41) is 0. The maximum absolute atomic E-state index is 10.0. The minimum Gasteiger partial charge on any atom is -0.211 e. The average Bonchev–Trinajstić information content (AvgIpc) is 2.89. The molecule has 0 aromatic rings. The highest BCUT2D eigenvalue weighted by molar-refractivity contribution is 5.33. The Morgan fingerprint density at radius 3 is 1.82 bits per heavy atom. The molecule has 2 rings (SSSR count). The van der Waals surface area contributed by atoms with Crippen molar-refractivity contribution in [3.63, 3.8) is 0 Å². The summed E-state index contributed by atoms with van der Waals surface area (Å²) in [6, 6.07) is 0. The lowest BCUT2D eigenvalue weighted by Gasteiger charge is -2.28. The Morgan fingerprint density at radius 2 is 1.41 bits per heavy atom. The van der Waals surface area contributed by atoms with Gasteiger partial charge < -0.3 is 0 Å². The van der Waals surface area contributed by atoms with Crippen LogP contribution >= 0.6 is 0 Å². The zero-order chi connectivity index (χ0) is 12.1. The Bertz CT molecular complexity index is 324. The molecule has 0 spiro atoms. The molecule has 0 aromatic heterocycles. The van der Waals surface area contributed by atoms with Crippen molar-refractivity contribution in [1.29, 1.82) is 0 Å².